The van der Waals surface area contributed by atoms with E-state index in [9.17, 15) is 4.79 Å². The zero-order chi connectivity index (χ0) is 39.7. The molecule has 0 unspecified atom stereocenters. The second-order valence-corrected chi connectivity index (χ2v) is 14.4. The van der Waals surface area contributed by atoms with Crippen molar-refractivity contribution in [2.45, 2.75) is 27.7 Å². The summed E-state index contributed by atoms with van der Waals surface area (Å²) < 4.78 is 2.07. The molecule has 1 aliphatic heterocycles. The third-order valence-corrected chi connectivity index (χ3v) is 10.6. The second-order valence-electron chi connectivity index (χ2n) is 14.4. The molecule has 0 N–H and O–H groups in total. The Bertz CT molecular complexity index is 3010. The van der Waals surface area contributed by atoms with E-state index in [-0.39, 0.29) is 5.91 Å². The van der Waals surface area contributed by atoms with Crippen LogP contribution in [0.15, 0.2) is 133 Å². The van der Waals surface area contributed by atoms with Crippen molar-refractivity contribution in [1.29, 1.82) is 0 Å². The first-order valence-electron chi connectivity index (χ1n) is 19.0. The van der Waals surface area contributed by atoms with Crippen LogP contribution in [0.4, 0.5) is 5.69 Å². The number of hydrogen-bond donors (Lipinski definition) is 0. The third-order valence-electron chi connectivity index (χ3n) is 10.6. The van der Waals surface area contributed by atoms with Gasteiger partial charge in [-0.05, 0) is 99.0 Å². The van der Waals surface area contributed by atoms with Crippen molar-refractivity contribution in [2.24, 2.45) is 0 Å². The fourth-order valence-electron chi connectivity index (χ4n) is 8.11. The first-order chi connectivity index (χ1) is 28.2. The van der Waals surface area contributed by atoms with Crippen molar-refractivity contribution in [2.75, 3.05) is 4.90 Å². The molecule has 10 rings (SSSR count). The highest BCUT2D eigenvalue weighted by Crippen LogP contribution is 2.43. The lowest BCUT2D eigenvalue weighted by atomic mass is 9.97. The van der Waals surface area contributed by atoms with Gasteiger partial charge in [0.1, 0.15) is 23.3 Å². The number of nitrogens with zero attached hydrogens (tertiary/aromatic N) is 8. The van der Waals surface area contributed by atoms with Crippen LogP contribution in [-0.4, -0.2) is 46.3 Å². The summed E-state index contributed by atoms with van der Waals surface area (Å²) >= 11 is 0. The first-order valence-corrected chi connectivity index (χ1v) is 19.0. The smallest absolute Gasteiger partial charge is 0.268 e. The number of carbonyl (C=O) groups excluding carboxylic acids is 2. The number of amides is 2. The molecule has 0 fully saturated rings. The summed E-state index contributed by atoms with van der Waals surface area (Å²) in [4.78, 5) is 58.5. The van der Waals surface area contributed by atoms with E-state index in [0.29, 0.717) is 57.4 Å². The van der Waals surface area contributed by atoms with Crippen LogP contribution >= 0.6 is 0 Å². The number of benzene rings is 6. The lowest BCUT2D eigenvalue weighted by Crippen LogP contribution is -2.30. The van der Waals surface area contributed by atoms with E-state index in [1.54, 1.807) is 6.07 Å². The van der Waals surface area contributed by atoms with Gasteiger partial charge in [-0.15, -0.1) is 0 Å². The van der Waals surface area contributed by atoms with Crippen molar-refractivity contribution in [1.82, 2.24) is 34.5 Å². The molecule has 1 aliphatic rings. The van der Waals surface area contributed by atoms with Gasteiger partial charge in [0, 0.05) is 27.5 Å². The van der Waals surface area contributed by atoms with Gasteiger partial charge in [0.15, 0.2) is 11.6 Å². The molecule has 0 saturated heterocycles. The number of carbonyl (C=O) groups is 2. The van der Waals surface area contributed by atoms with E-state index in [4.69, 9.17) is 0 Å². The highest BCUT2D eigenvalue weighted by Gasteiger charge is 2.40. The SMILES string of the molecule is Cc1nc(C)nc(-c2ccc3c(c2)c2cc(-c4nc(C)nc(C)n4)ccc2n3-c2cccc3c2C(=O)N(c2cc(-c4ccccc4)ccc2-c2ccccc2)C3=O)n1. The zero-order valence-corrected chi connectivity index (χ0v) is 32.1. The Labute approximate surface area is 333 Å². The summed E-state index contributed by atoms with van der Waals surface area (Å²) in [5.41, 5.74) is 8.65. The monoisotopic (exact) mass is 754 g/mol. The Morgan fingerprint density at radius 3 is 1.47 bits per heavy atom. The molecule has 0 spiro atoms. The van der Waals surface area contributed by atoms with Crippen LogP contribution in [0.3, 0.4) is 0 Å². The number of hydrogen-bond acceptors (Lipinski definition) is 8. The van der Waals surface area contributed by atoms with E-state index in [2.05, 4.69) is 46.6 Å². The number of rotatable bonds is 6. The minimum atomic E-state index is -0.395. The van der Waals surface area contributed by atoms with Gasteiger partial charge in [0.25, 0.3) is 11.8 Å². The van der Waals surface area contributed by atoms with Gasteiger partial charge in [-0.2, -0.15) is 0 Å². The molecule has 2 amide bonds. The normalized spacial score (nSPS) is 12.5. The van der Waals surface area contributed by atoms with Gasteiger partial charge in [-0.3, -0.25) is 9.59 Å². The van der Waals surface area contributed by atoms with Crippen molar-refractivity contribution in [3.8, 4) is 50.7 Å². The molecule has 58 heavy (non-hydrogen) atoms. The fraction of sp³-hybridized carbons (Fsp3) is 0.0833. The molecule has 9 aromatic rings. The second kappa shape index (κ2) is 13.5. The van der Waals surface area contributed by atoms with Crippen molar-refractivity contribution in [3.63, 3.8) is 0 Å². The maximum Gasteiger partial charge on any atom is 0.268 e. The minimum Gasteiger partial charge on any atom is -0.308 e. The Morgan fingerprint density at radius 2 is 0.914 bits per heavy atom. The highest BCUT2D eigenvalue weighted by molar-refractivity contribution is 6.36. The topological polar surface area (TPSA) is 120 Å². The van der Waals surface area contributed by atoms with Crippen LogP contribution in [0.1, 0.15) is 44.0 Å². The van der Waals surface area contributed by atoms with Crippen molar-refractivity contribution < 1.29 is 9.59 Å². The average molecular weight is 755 g/mol. The van der Waals surface area contributed by atoms with Crippen LogP contribution in [0.2, 0.25) is 0 Å². The van der Waals surface area contributed by atoms with Gasteiger partial charge in [0.05, 0.1) is 33.5 Å². The molecule has 4 heterocycles. The summed E-state index contributed by atoms with van der Waals surface area (Å²) in [6.07, 6.45) is 0. The summed E-state index contributed by atoms with van der Waals surface area (Å²) in [5, 5.41) is 1.81. The average Bonchev–Trinajstić information content (AvgIpc) is 3.69. The van der Waals surface area contributed by atoms with Crippen LogP contribution in [-0.2, 0) is 0 Å². The van der Waals surface area contributed by atoms with E-state index < -0.39 is 5.91 Å². The Hall–Kier alpha value is -7.72. The van der Waals surface area contributed by atoms with Gasteiger partial charge in [-0.25, -0.2) is 34.8 Å². The van der Waals surface area contributed by atoms with E-state index in [1.165, 1.54) is 4.90 Å². The molecule has 6 aromatic carbocycles. The number of aromatic nitrogens is 7. The van der Waals surface area contributed by atoms with E-state index in [0.717, 1.165) is 55.2 Å². The number of anilines is 1. The standard InChI is InChI=1S/C48H34N8O2/c1-27-49-28(2)52-45(51-27)34-19-22-40-38(24-34)39-25-35(46-53-29(3)50-30(4)54-46)20-23-41(39)55(40)42-17-11-16-37-44(42)48(58)56(47(37)57)43-26-33(31-12-7-5-8-13-31)18-21-36(43)32-14-9-6-10-15-32/h5-26H,1-4H3. The molecule has 0 saturated carbocycles. The maximum absolute atomic E-state index is 15.1. The van der Waals surface area contributed by atoms with E-state index in [1.807, 2.05) is 143 Å². The van der Waals surface area contributed by atoms with Crippen LogP contribution in [0.25, 0.3) is 72.5 Å². The molecule has 278 valence electrons. The largest absolute Gasteiger partial charge is 0.308 e. The third kappa shape index (κ3) is 5.73. The van der Waals surface area contributed by atoms with Gasteiger partial charge in [0.2, 0.25) is 0 Å². The molecule has 3 aromatic heterocycles. The molecule has 10 nitrogen and oxygen atoms in total. The van der Waals surface area contributed by atoms with Gasteiger partial charge >= 0.3 is 0 Å². The predicted octanol–water partition coefficient (Wildman–Crippen LogP) is 9.86. The fourth-order valence-corrected chi connectivity index (χ4v) is 8.11. The Kier molecular flexibility index (Phi) is 8.08. The summed E-state index contributed by atoms with van der Waals surface area (Å²) in [7, 11) is 0. The minimum absolute atomic E-state index is 0.330. The molecule has 0 radical (unpaired) electrons. The Morgan fingerprint density at radius 1 is 0.397 bits per heavy atom. The highest BCUT2D eigenvalue weighted by atomic mass is 16.2. The Balaban J connectivity index is 1.19. The number of fused-ring (bicyclic) bond motifs is 4. The van der Waals surface area contributed by atoms with Gasteiger partial charge < -0.3 is 4.57 Å². The van der Waals surface area contributed by atoms with Gasteiger partial charge in [-0.1, -0.05) is 78.9 Å². The number of aryl methyl sites for hydroxylation is 4. The predicted molar refractivity (Wildman–Crippen MR) is 226 cm³/mol. The first kappa shape index (κ1) is 34.7. The molecule has 0 aliphatic carbocycles. The van der Waals surface area contributed by atoms with Crippen molar-refractivity contribution in [3.05, 3.63) is 168 Å². The van der Waals surface area contributed by atoms with Crippen LogP contribution < -0.4 is 4.90 Å². The summed E-state index contributed by atoms with van der Waals surface area (Å²) in [6, 6.07) is 43.4. The molecular weight excluding hydrogens is 721 g/mol. The van der Waals surface area contributed by atoms with Crippen molar-refractivity contribution >= 4 is 39.3 Å². The zero-order valence-electron chi connectivity index (χ0n) is 32.1. The lowest BCUT2D eigenvalue weighted by molar-refractivity contribution is 0.0926. The quantitative estimate of drug-likeness (QED) is 0.154. The van der Waals surface area contributed by atoms with Crippen LogP contribution in [0.5, 0.6) is 0 Å². The maximum atomic E-state index is 15.1. The molecule has 10 heteroatoms. The molecule has 0 bridgehead atoms. The summed E-state index contributed by atoms with van der Waals surface area (Å²) in [5.74, 6) is 2.88. The molecular formula is C48H34N8O2. The van der Waals surface area contributed by atoms with E-state index >= 15 is 4.79 Å². The number of imide groups is 1. The summed E-state index contributed by atoms with van der Waals surface area (Å²) in [6.45, 7) is 7.41. The van der Waals surface area contributed by atoms with Crippen LogP contribution in [0, 0.1) is 27.7 Å². The molecule has 0 atom stereocenters. The lowest BCUT2D eigenvalue weighted by Gasteiger charge is -2.20.